The van der Waals surface area contributed by atoms with E-state index in [2.05, 4.69) is 25.8 Å². The lowest BCUT2D eigenvalue weighted by Crippen LogP contribution is -2.14. The van der Waals surface area contributed by atoms with Crippen molar-refractivity contribution >= 4 is 27.0 Å². The molecule has 4 nitrogen and oxygen atoms in total. The Hall–Kier alpha value is -1.07. The molecule has 0 unspecified atom stereocenters. The van der Waals surface area contributed by atoms with Gasteiger partial charge in [-0.15, -0.1) is 0 Å². The summed E-state index contributed by atoms with van der Waals surface area (Å²) >= 11 is 3.37. The lowest BCUT2D eigenvalue weighted by molar-refractivity contribution is 0.390. The maximum absolute atomic E-state index is 10.9. The zero-order valence-electron chi connectivity index (χ0n) is 8.29. The fraction of sp³-hybridized carbons (Fsp3) is 0.300. The molecule has 0 amide bonds. The van der Waals surface area contributed by atoms with Crippen LogP contribution in [0.2, 0.25) is 0 Å². The fourth-order valence-corrected chi connectivity index (χ4v) is 1.62. The molecule has 0 aliphatic rings. The smallest absolute Gasteiger partial charge is 0.408 e. The van der Waals surface area contributed by atoms with Crippen molar-refractivity contribution in [2.45, 2.75) is 6.54 Å². The molecule has 0 saturated carbocycles. The Labute approximate surface area is 95.0 Å². The summed E-state index contributed by atoms with van der Waals surface area (Å²) in [6.45, 7) is 0.816. The van der Waals surface area contributed by atoms with Crippen LogP contribution in [-0.2, 0) is 6.54 Å². The largest absolute Gasteiger partial charge is 0.417 e. The molecule has 0 aliphatic carbocycles. The molecule has 1 N–H and O–H groups in total. The minimum Gasteiger partial charge on any atom is -0.408 e. The third-order valence-corrected chi connectivity index (χ3v) is 3.00. The van der Waals surface area contributed by atoms with E-state index in [4.69, 9.17) is 4.42 Å². The van der Waals surface area contributed by atoms with Gasteiger partial charge >= 0.3 is 5.76 Å². The van der Waals surface area contributed by atoms with Crippen LogP contribution in [-0.4, -0.2) is 22.4 Å². The topological polar surface area (TPSA) is 49.2 Å². The SMILES string of the molecule is CN(CBr)Cc1ccc2[nH]c(=O)oc2c1. The minimum atomic E-state index is -0.406. The van der Waals surface area contributed by atoms with Crippen LogP contribution in [0.15, 0.2) is 27.4 Å². The van der Waals surface area contributed by atoms with Crippen LogP contribution in [0.25, 0.3) is 11.1 Å². The van der Waals surface area contributed by atoms with Gasteiger partial charge in [-0.1, -0.05) is 22.0 Å². The Bertz CT molecular complexity index is 517. The van der Waals surface area contributed by atoms with Crippen LogP contribution in [0.5, 0.6) is 0 Å². The molecule has 0 aliphatic heterocycles. The number of hydrogen-bond acceptors (Lipinski definition) is 3. The predicted octanol–water partition coefficient (Wildman–Crippen LogP) is 1.91. The second-order valence-corrected chi connectivity index (χ2v) is 3.98. The molecule has 0 atom stereocenters. The highest BCUT2D eigenvalue weighted by Crippen LogP contribution is 2.13. The van der Waals surface area contributed by atoms with E-state index in [9.17, 15) is 4.79 Å². The van der Waals surface area contributed by atoms with Gasteiger partial charge in [0.1, 0.15) is 0 Å². The highest BCUT2D eigenvalue weighted by Gasteiger charge is 2.03. The van der Waals surface area contributed by atoms with Gasteiger partial charge < -0.3 is 4.42 Å². The first-order chi connectivity index (χ1) is 7.19. The molecule has 0 bridgehead atoms. The monoisotopic (exact) mass is 270 g/mol. The molecule has 80 valence electrons. The Kier molecular flexibility index (Phi) is 2.93. The number of H-pyrrole nitrogens is 1. The molecule has 0 spiro atoms. The summed E-state index contributed by atoms with van der Waals surface area (Å²) in [5.74, 6) is -0.406. The first kappa shape index (κ1) is 10.4. The summed E-state index contributed by atoms with van der Waals surface area (Å²) in [6.07, 6.45) is 0. The number of nitrogens with zero attached hydrogens (tertiary/aromatic N) is 1. The van der Waals surface area contributed by atoms with Crippen LogP contribution in [0.1, 0.15) is 5.56 Å². The van der Waals surface area contributed by atoms with Crippen LogP contribution in [0, 0.1) is 0 Å². The highest BCUT2D eigenvalue weighted by molar-refractivity contribution is 9.09. The second-order valence-electron chi connectivity index (χ2n) is 3.48. The third kappa shape index (κ3) is 2.30. The van der Waals surface area contributed by atoms with Gasteiger partial charge in [-0.05, 0) is 24.7 Å². The second kappa shape index (κ2) is 4.20. The van der Waals surface area contributed by atoms with Crippen LogP contribution in [0.3, 0.4) is 0 Å². The quantitative estimate of drug-likeness (QED) is 0.685. The van der Waals surface area contributed by atoms with E-state index >= 15 is 0 Å². The summed E-state index contributed by atoms with van der Waals surface area (Å²) in [5.41, 5.74) is 3.28. The number of aromatic amines is 1. The number of oxazole rings is 1. The zero-order chi connectivity index (χ0) is 10.8. The number of benzene rings is 1. The maximum Gasteiger partial charge on any atom is 0.417 e. The lowest BCUT2D eigenvalue weighted by Gasteiger charge is -2.12. The average Bonchev–Trinajstić information content (AvgIpc) is 2.57. The van der Waals surface area contributed by atoms with Gasteiger partial charge in [0.15, 0.2) is 5.58 Å². The van der Waals surface area contributed by atoms with Crippen molar-refractivity contribution in [3.63, 3.8) is 0 Å². The first-order valence-corrected chi connectivity index (χ1v) is 5.67. The van der Waals surface area contributed by atoms with Crippen LogP contribution < -0.4 is 5.76 Å². The normalized spacial score (nSPS) is 11.4. The predicted molar refractivity (Wildman–Crippen MR) is 62.1 cm³/mol. The number of fused-ring (bicyclic) bond motifs is 1. The number of aromatic nitrogens is 1. The summed E-state index contributed by atoms with van der Waals surface area (Å²) < 4.78 is 4.98. The number of alkyl halides is 1. The van der Waals surface area contributed by atoms with Gasteiger partial charge in [0.25, 0.3) is 0 Å². The molecule has 1 heterocycles. The van der Waals surface area contributed by atoms with E-state index in [0.29, 0.717) is 5.58 Å². The highest BCUT2D eigenvalue weighted by atomic mass is 79.9. The molecule has 2 rings (SSSR count). The summed E-state index contributed by atoms with van der Waals surface area (Å²) in [5, 5.41) is 0. The van der Waals surface area contributed by atoms with Gasteiger partial charge in [-0.3, -0.25) is 9.88 Å². The Balaban J connectivity index is 2.34. The standard InChI is InChI=1S/C10H11BrN2O2/c1-13(6-11)5-7-2-3-8-9(4-7)15-10(14)12-8/h2-4H,5-6H2,1H3,(H,12,14). The van der Waals surface area contributed by atoms with Gasteiger partial charge in [-0.25, -0.2) is 4.79 Å². The van der Waals surface area contributed by atoms with Crippen molar-refractivity contribution in [3.8, 4) is 0 Å². The zero-order valence-corrected chi connectivity index (χ0v) is 9.87. The maximum atomic E-state index is 10.9. The van der Waals surface area contributed by atoms with E-state index in [1.807, 2.05) is 25.2 Å². The average molecular weight is 271 g/mol. The summed E-state index contributed by atoms with van der Waals surface area (Å²) in [4.78, 5) is 15.6. The first-order valence-electron chi connectivity index (χ1n) is 4.55. The molecule has 15 heavy (non-hydrogen) atoms. The van der Waals surface area contributed by atoms with Gasteiger partial charge in [0.05, 0.1) is 11.0 Å². The van der Waals surface area contributed by atoms with Gasteiger partial charge in [-0.2, -0.15) is 0 Å². The Morgan fingerprint density at radius 3 is 3.07 bits per heavy atom. The van der Waals surface area contributed by atoms with E-state index in [-0.39, 0.29) is 0 Å². The van der Waals surface area contributed by atoms with Crippen LogP contribution in [0.4, 0.5) is 0 Å². The van der Waals surface area contributed by atoms with Gasteiger partial charge in [0, 0.05) is 6.54 Å². The number of nitrogens with one attached hydrogen (secondary N) is 1. The van der Waals surface area contributed by atoms with Crippen LogP contribution >= 0.6 is 15.9 Å². The van der Waals surface area contributed by atoms with Crippen molar-refractivity contribution in [2.75, 3.05) is 12.5 Å². The molecular formula is C10H11BrN2O2. The van der Waals surface area contributed by atoms with Crippen molar-refractivity contribution in [2.24, 2.45) is 0 Å². The fourth-order valence-electron chi connectivity index (χ4n) is 1.44. The Morgan fingerprint density at radius 2 is 2.33 bits per heavy atom. The van der Waals surface area contributed by atoms with Gasteiger partial charge in [0.2, 0.25) is 0 Å². The number of rotatable bonds is 3. The van der Waals surface area contributed by atoms with Crippen molar-refractivity contribution in [1.82, 2.24) is 9.88 Å². The van der Waals surface area contributed by atoms with Crippen molar-refractivity contribution in [3.05, 3.63) is 34.3 Å². The molecule has 0 fully saturated rings. The summed E-state index contributed by atoms with van der Waals surface area (Å²) in [7, 11) is 2.01. The molecule has 5 heteroatoms. The molecule has 0 radical (unpaired) electrons. The number of hydrogen-bond donors (Lipinski definition) is 1. The number of halogens is 1. The molecular weight excluding hydrogens is 260 g/mol. The van der Waals surface area contributed by atoms with Crippen molar-refractivity contribution in [1.29, 1.82) is 0 Å². The van der Waals surface area contributed by atoms with E-state index in [1.165, 1.54) is 0 Å². The van der Waals surface area contributed by atoms with Crippen molar-refractivity contribution < 1.29 is 4.42 Å². The third-order valence-electron chi connectivity index (χ3n) is 2.14. The minimum absolute atomic E-state index is 0.406. The van der Waals surface area contributed by atoms with E-state index in [0.717, 1.165) is 23.1 Å². The lowest BCUT2D eigenvalue weighted by atomic mass is 10.2. The van der Waals surface area contributed by atoms with E-state index < -0.39 is 5.76 Å². The molecule has 1 aromatic heterocycles. The van der Waals surface area contributed by atoms with E-state index in [1.54, 1.807) is 0 Å². The molecule has 0 saturated heterocycles. The Morgan fingerprint density at radius 1 is 1.53 bits per heavy atom. The molecule has 1 aromatic carbocycles. The molecule has 2 aromatic rings. The summed E-state index contributed by atoms with van der Waals surface area (Å²) in [6, 6.07) is 5.72.